The molecule has 1 saturated carbocycles. The van der Waals surface area contributed by atoms with E-state index in [1.807, 2.05) is 0 Å². The highest BCUT2D eigenvalue weighted by Gasteiger charge is 2.37. The SMILES string of the molecule is O=C(c1cnc(C2CC2)o1)N1CCC(O)(Cn2cnc3c(cnn3-c3ccc(C(F)(F)F)cc3)c2=O)CC1. The molecule has 1 N–H and O–H groups in total. The van der Waals surface area contributed by atoms with Gasteiger partial charge in [-0.05, 0) is 49.9 Å². The van der Waals surface area contributed by atoms with Gasteiger partial charge in [-0.3, -0.25) is 14.2 Å². The zero-order valence-electron chi connectivity index (χ0n) is 20.1. The number of piperidine rings is 1. The third kappa shape index (κ3) is 4.46. The standard InChI is InChI=1S/C25H23F3N6O4/c26-25(27,28)16-3-5-17(6-4-16)34-20-18(11-31-34)22(35)33(14-30-20)13-24(37)7-9-32(10-8-24)23(36)19-12-29-21(38-19)15-1-2-15/h3-6,11-12,14-15,37H,1-2,7-10,13H2. The average molecular weight is 528 g/mol. The molecule has 1 saturated heterocycles. The monoisotopic (exact) mass is 528 g/mol. The van der Waals surface area contributed by atoms with Gasteiger partial charge in [-0.2, -0.15) is 18.3 Å². The second-order valence-electron chi connectivity index (χ2n) is 9.87. The van der Waals surface area contributed by atoms with E-state index in [1.54, 1.807) is 4.90 Å². The van der Waals surface area contributed by atoms with Gasteiger partial charge >= 0.3 is 6.18 Å². The fourth-order valence-electron chi connectivity index (χ4n) is 4.70. The van der Waals surface area contributed by atoms with Gasteiger partial charge in [-0.25, -0.2) is 14.6 Å². The summed E-state index contributed by atoms with van der Waals surface area (Å²) in [5, 5.41) is 15.5. The molecule has 0 unspecified atom stereocenters. The van der Waals surface area contributed by atoms with Gasteiger partial charge in [0, 0.05) is 19.0 Å². The maximum Gasteiger partial charge on any atom is 0.416 e. The van der Waals surface area contributed by atoms with Crippen molar-refractivity contribution in [2.45, 2.75) is 49.9 Å². The van der Waals surface area contributed by atoms with E-state index in [0.717, 1.165) is 25.0 Å². The molecule has 4 heterocycles. The van der Waals surface area contributed by atoms with Gasteiger partial charge in [-0.1, -0.05) is 0 Å². The van der Waals surface area contributed by atoms with Crippen molar-refractivity contribution < 1.29 is 27.5 Å². The van der Waals surface area contributed by atoms with Gasteiger partial charge < -0.3 is 14.4 Å². The van der Waals surface area contributed by atoms with Crippen LogP contribution >= 0.6 is 0 Å². The van der Waals surface area contributed by atoms with Gasteiger partial charge in [0.2, 0.25) is 5.76 Å². The van der Waals surface area contributed by atoms with E-state index in [-0.39, 0.29) is 55.2 Å². The highest BCUT2D eigenvalue weighted by atomic mass is 19.4. The highest BCUT2D eigenvalue weighted by Crippen LogP contribution is 2.39. The third-order valence-electron chi connectivity index (χ3n) is 7.10. The summed E-state index contributed by atoms with van der Waals surface area (Å²) in [5.41, 5.74) is -1.95. The van der Waals surface area contributed by atoms with E-state index in [4.69, 9.17) is 4.42 Å². The Hall–Kier alpha value is -4.00. The summed E-state index contributed by atoms with van der Waals surface area (Å²) in [6.07, 6.45) is 2.10. The molecular formula is C25H23F3N6O4. The van der Waals surface area contributed by atoms with Gasteiger partial charge in [0.15, 0.2) is 11.5 Å². The number of carbonyl (C=O) groups excluding carboxylic acids is 1. The van der Waals surface area contributed by atoms with Crippen LogP contribution in [0, 0.1) is 0 Å². The molecule has 6 rings (SSSR count). The van der Waals surface area contributed by atoms with Crippen molar-refractivity contribution in [3.05, 3.63) is 70.6 Å². The van der Waals surface area contributed by atoms with E-state index in [2.05, 4.69) is 15.1 Å². The maximum absolute atomic E-state index is 13.1. The number of hydrogen-bond acceptors (Lipinski definition) is 7. The molecule has 2 aliphatic rings. The molecule has 3 aromatic heterocycles. The van der Waals surface area contributed by atoms with E-state index < -0.39 is 22.9 Å². The smallest absolute Gasteiger partial charge is 0.416 e. The van der Waals surface area contributed by atoms with Crippen LogP contribution in [0.3, 0.4) is 0 Å². The minimum absolute atomic E-state index is 0.0314. The van der Waals surface area contributed by atoms with Crippen molar-refractivity contribution in [1.82, 2.24) is 29.2 Å². The van der Waals surface area contributed by atoms with Crippen LogP contribution in [-0.4, -0.2) is 58.9 Å². The number of alkyl halides is 3. The lowest BCUT2D eigenvalue weighted by Gasteiger charge is -2.38. The summed E-state index contributed by atoms with van der Waals surface area (Å²) in [5.74, 6) is 0.802. The van der Waals surface area contributed by atoms with Crippen molar-refractivity contribution in [2.75, 3.05) is 13.1 Å². The Morgan fingerprint density at radius 3 is 2.47 bits per heavy atom. The molecule has 38 heavy (non-hydrogen) atoms. The van der Waals surface area contributed by atoms with E-state index in [1.165, 1.54) is 40.1 Å². The topological polar surface area (TPSA) is 119 Å². The summed E-state index contributed by atoms with van der Waals surface area (Å²) in [7, 11) is 0. The third-order valence-corrected chi connectivity index (χ3v) is 7.10. The lowest BCUT2D eigenvalue weighted by Crippen LogP contribution is -2.49. The molecular weight excluding hydrogens is 505 g/mol. The lowest BCUT2D eigenvalue weighted by molar-refractivity contribution is -0.137. The molecule has 13 heteroatoms. The Balaban J connectivity index is 1.16. The van der Waals surface area contributed by atoms with E-state index >= 15 is 0 Å². The van der Waals surface area contributed by atoms with Crippen LogP contribution in [0.1, 0.15) is 53.6 Å². The van der Waals surface area contributed by atoms with Crippen LogP contribution in [0.4, 0.5) is 13.2 Å². The number of likely N-dealkylation sites (tertiary alicyclic amines) is 1. The van der Waals surface area contributed by atoms with E-state index in [9.17, 15) is 27.9 Å². The predicted molar refractivity (Wildman–Crippen MR) is 127 cm³/mol. The van der Waals surface area contributed by atoms with Crippen LogP contribution in [0.25, 0.3) is 16.7 Å². The number of carbonyl (C=O) groups is 1. The molecule has 1 aliphatic carbocycles. The zero-order valence-corrected chi connectivity index (χ0v) is 20.1. The average Bonchev–Trinajstić information content (AvgIpc) is 3.45. The lowest BCUT2D eigenvalue weighted by atomic mass is 9.91. The molecule has 10 nitrogen and oxygen atoms in total. The molecule has 0 spiro atoms. The minimum atomic E-state index is -4.46. The normalized spacial score (nSPS) is 17.7. The number of amides is 1. The first-order chi connectivity index (χ1) is 18.1. The number of halogens is 3. The van der Waals surface area contributed by atoms with Crippen molar-refractivity contribution in [1.29, 1.82) is 0 Å². The van der Waals surface area contributed by atoms with Crippen LogP contribution < -0.4 is 5.56 Å². The molecule has 4 aromatic rings. The fourth-order valence-corrected chi connectivity index (χ4v) is 4.70. The largest absolute Gasteiger partial charge is 0.435 e. The quantitative estimate of drug-likeness (QED) is 0.423. The Labute approximate surface area is 213 Å². The molecule has 0 atom stereocenters. The number of aliphatic hydroxyl groups is 1. The first-order valence-corrected chi connectivity index (χ1v) is 12.2. The number of rotatable bonds is 5. The Kier molecular flexibility index (Phi) is 5.63. The molecule has 1 amide bonds. The second-order valence-corrected chi connectivity index (χ2v) is 9.87. The maximum atomic E-state index is 13.1. The molecule has 0 bridgehead atoms. The van der Waals surface area contributed by atoms with Crippen LogP contribution in [0.5, 0.6) is 0 Å². The predicted octanol–water partition coefficient (Wildman–Crippen LogP) is 3.13. The van der Waals surface area contributed by atoms with Crippen LogP contribution in [-0.2, 0) is 12.7 Å². The number of nitrogens with zero attached hydrogens (tertiary/aromatic N) is 6. The van der Waals surface area contributed by atoms with E-state index in [0.29, 0.717) is 17.5 Å². The number of oxazole rings is 1. The number of hydrogen-bond donors (Lipinski definition) is 1. The molecule has 198 valence electrons. The van der Waals surface area contributed by atoms with Crippen LogP contribution in [0.2, 0.25) is 0 Å². The van der Waals surface area contributed by atoms with Crippen molar-refractivity contribution in [3.63, 3.8) is 0 Å². The molecule has 0 radical (unpaired) electrons. The van der Waals surface area contributed by atoms with Gasteiger partial charge in [0.25, 0.3) is 11.5 Å². The summed E-state index contributed by atoms with van der Waals surface area (Å²) in [6, 6.07) is 4.38. The Morgan fingerprint density at radius 2 is 1.82 bits per heavy atom. The molecule has 1 aliphatic heterocycles. The number of fused-ring (bicyclic) bond motifs is 1. The summed E-state index contributed by atoms with van der Waals surface area (Å²) >= 11 is 0. The van der Waals surface area contributed by atoms with Gasteiger partial charge in [0.1, 0.15) is 11.7 Å². The fraction of sp³-hybridized carbons (Fsp3) is 0.400. The van der Waals surface area contributed by atoms with Crippen molar-refractivity contribution in [2.24, 2.45) is 0 Å². The number of aromatic nitrogens is 5. The number of benzene rings is 1. The molecule has 1 aromatic carbocycles. The zero-order chi connectivity index (χ0) is 26.7. The van der Waals surface area contributed by atoms with Gasteiger partial charge in [-0.15, -0.1) is 0 Å². The summed E-state index contributed by atoms with van der Waals surface area (Å²) in [4.78, 5) is 36.0. The minimum Gasteiger partial charge on any atom is -0.435 e. The highest BCUT2D eigenvalue weighted by molar-refractivity contribution is 5.91. The Bertz CT molecular complexity index is 1560. The molecule has 2 fully saturated rings. The first kappa shape index (κ1) is 24.3. The van der Waals surface area contributed by atoms with Crippen LogP contribution in [0.15, 0.2) is 52.2 Å². The van der Waals surface area contributed by atoms with Gasteiger partial charge in [0.05, 0.1) is 35.8 Å². The summed E-state index contributed by atoms with van der Waals surface area (Å²) < 4.78 is 46.8. The Morgan fingerprint density at radius 1 is 1.11 bits per heavy atom. The second kappa shape index (κ2) is 8.79. The van der Waals surface area contributed by atoms with Crippen molar-refractivity contribution in [3.8, 4) is 5.69 Å². The summed E-state index contributed by atoms with van der Waals surface area (Å²) in [6.45, 7) is 0.534. The first-order valence-electron chi connectivity index (χ1n) is 12.2. The van der Waals surface area contributed by atoms with Crippen molar-refractivity contribution >= 4 is 16.9 Å².